The number of benzene rings is 12. The molecule has 574 valence electrons. The summed E-state index contributed by atoms with van der Waals surface area (Å²) in [5.41, 5.74) is 33.6. The summed E-state index contributed by atoms with van der Waals surface area (Å²) in [5, 5.41) is 0. The van der Waals surface area contributed by atoms with Crippen LogP contribution in [0.25, 0.3) is 199 Å². The summed E-state index contributed by atoms with van der Waals surface area (Å²) in [5.74, 6) is 21.4. The van der Waals surface area contributed by atoms with E-state index < -0.39 is 0 Å². The van der Waals surface area contributed by atoms with Crippen molar-refractivity contribution in [2.45, 2.75) is 77.7 Å². The van der Waals surface area contributed by atoms with Crippen LogP contribution in [0.15, 0.2) is 146 Å². The van der Waals surface area contributed by atoms with E-state index in [0.717, 1.165) is 111 Å². The van der Waals surface area contributed by atoms with Gasteiger partial charge in [0.15, 0.2) is 0 Å². The molecule has 0 fully saturated rings. The summed E-state index contributed by atoms with van der Waals surface area (Å²) in [7, 11) is 0. The molecule has 21 rings (SSSR count). The number of hydrogen-bond acceptors (Lipinski definition) is 18. The van der Waals surface area contributed by atoms with Gasteiger partial charge in [-0.25, -0.2) is 89.7 Å². The van der Waals surface area contributed by atoms with Gasteiger partial charge in [0.2, 0.25) is 0 Å². The van der Waals surface area contributed by atoms with Gasteiger partial charge in [0.1, 0.15) is 99.3 Å². The van der Waals surface area contributed by atoms with Gasteiger partial charge in [0.25, 0.3) is 0 Å². The van der Waals surface area contributed by atoms with E-state index in [0.29, 0.717) is 155 Å². The molecule has 0 aliphatic carbocycles. The molecule has 0 atom stereocenters. The molecule has 21 aromatic rings. The van der Waals surface area contributed by atoms with Crippen LogP contribution in [0.5, 0.6) is 0 Å². The number of rotatable bonds is 0. The molecule has 123 heavy (non-hydrogen) atoms. The van der Waals surface area contributed by atoms with Gasteiger partial charge in [0.05, 0.1) is 99.3 Å². The van der Waals surface area contributed by atoms with E-state index in [1.165, 1.54) is 0 Å². The van der Waals surface area contributed by atoms with Crippen LogP contribution in [0.4, 0.5) is 0 Å². The van der Waals surface area contributed by atoms with Crippen molar-refractivity contribution in [3.05, 3.63) is 238 Å². The largest absolute Gasteiger partial charge is 0.367 e. The maximum absolute atomic E-state index is 7.68. The molecular formula is C95H60N18U10-4. The van der Waals surface area contributed by atoms with Crippen molar-refractivity contribution in [3.8, 4) is 47.4 Å². The van der Waals surface area contributed by atoms with Crippen molar-refractivity contribution in [1.82, 2.24) is 89.7 Å². The molecule has 0 saturated carbocycles. The predicted molar refractivity (Wildman–Crippen MR) is 453 cm³/mol. The molecule has 0 amide bonds. The number of aromatic nitrogens is 18. The molecule has 18 nitrogen and oxygen atoms in total. The fraction of sp³-hybridized carbons (Fsp3) is 0.116. The van der Waals surface area contributed by atoms with Crippen LogP contribution in [0, 0.1) is 426 Å². The van der Waals surface area contributed by atoms with Gasteiger partial charge in [-0.05, 0) is 174 Å². The third kappa shape index (κ3) is 19.8. The average molecular weight is 3830 g/mol. The van der Waals surface area contributed by atoms with Crippen LogP contribution in [-0.2, 0) is 0 Å². The van der Waals surface area contributed by atoms with Crippen molar-refractivity contribution in [1.29, 1.82) is 0 Å². The molecule has 28 heteroatoms. The Morgan fingerprint density at radius 1 is 0.171 bits per heavy atom. The zero-order valence-corrected chi connectivity index (χ0v) is 107. The predicted octanol–water partition coefficient (Wildman–Crippen LogP) is 19.2. The molecule has 9 aromatic heterocycles. The standard InChI is InChI=1S/C38H12N6.2C27H18N6.3CH4.10U/c1-7-13-25-19-31-32(20-26(25)14-8-2)44-38-36-34(40-28-16-22(10-4)24(12-6)18-30(28)42-36)33-35(37(38)43-31)41-29-17-23(11-5)21(9-3)15-27(29)39-33;1-13-4-7-16-19(10-13)31-25-22(28-16)26-24(30-18-9-6-15(3)12-21(18)32-26)27-23(25)29-17-8-5-14(2)11-20(17)33-27;1-13-4-7-16-19(10-13)31-25-22(28-16)23-26(32-20-11-14(2)5-8-17(20)29-23)27-24(25)30-18-9-6-15(3)12-21(18)33-27;;;;;;;;;;;;;/h15-20H,1-2H3;2*4-12H,1-3H3;3*1H4;;;;;;;;;;/q-4;;;;;;;;;;;;;;;. The minimum absolute atomic E-state index is 0. The van der Waals surface area contributed by atoms with Gasteiger partial charge < -0.3 is 49.4 Å². The van der Waals surface area contributed by atoms with Crippen molar-refractivity contribution >= 4 is 199 Å². The zero-order chi connectivity index (χ0) is 75.1. The Labute approximate surface area is 946 Å². The molecule has 0 spiro atoms. The van der Waals surface area contributed by atoms with E-state index >= 15 is 0 Å². The van der Waals surface area contributed by atoms with E-state index in [2.05, 4.69) is 88.9 Å². The third-order valence-corrected chi connectivity index (χ3v) is 19.4. The molecular weight excluding hydrogens is 3770 g/mol. The summed E-state index contributed by atoms with van der Waals surface area (Å²) < 4.78 is 0. The third-order valence-electron chi connectivity index (χ3n) is 19.4. The quantitative estimate of drug-likeness (QED) is 0.0594. The molecule has 12 aromatic carbocycles. The summed E-state index contributed by atoms with van der Waals surface area (Å²) >= 11 is 0. The first kappa shape index (κ1) is 107. The van der Waals surface area contributed by atoms with E-state index in [1.807, 2.05) is 121 Å². The zero-order valence-electron chi connectivity index (χ0n) is 64.9. The number of fused-ring (bicyclic) bond motifs is 27. The Kier molecular flexibility index (Phi) is 38.2. The van der Waals surface area contributed by atoms with Gasteiger partial charge in [-0.2, -0.15) is 22.3 Å². The summed E-state index contributed by atoms with van der Waals surface area (Å²) in [4.78, 5) is 89.6. The van der Waals surface area contributed by atoms with Crippen molar-refractivity contribution in [2.75, 3.05) is 0 Å². The monoisotopic (exact) mass is 3830 g/mol. The molecule has 0 N–H and O–H groups in total. The SMILES string of the molecule is C.C.C.Cc1ccc2nc3c4nc5cc(C)ccc5nc4c4nc5cc(C)ccc5nc4c3nc2c1.Cc1ccc2nc3c4nc5ccc(C)cc5nc4c4nc5cc(C)ccc5nc4c3nc2c1.[C-]#Cc1cc2nc3c4nc5cc(C#[C-])c(C#[C-])cc5nc4c4nc5cc(C#CC)c(C#CC)cc5nc4c3nc2cc1C#[C-].[U].[U].[U].[U].[U].[U].[U].[U].[U].[U]. The number of aryl methyl sites for hydroxylation is 6. The maximum Gasteiger partial charge on any atom is 0.120 e. The molecule has 9 heterocycles. The first-order chi connectivity index (χ1) is 53.6. The van der Waals surface area contributed by atoms with E-state index in [4.69, 9.17) is 115 Å². The molecule has 0 aliphatic heterocycles. The Balaban J connectivity index is 0.000000274. The van der Waals surface area contributed by atoms with Gasteiger partial charge in [-0.15, -0.1) is 36.1 Å². The minimum Gasteiger partial charge on any atom is -0.367 e. The van der Waals surface area contributed by atoms with Gasteiger partial charge >= 0.3 is 0 Å². The molecule has 0 radical (unpaired) electrons. The second kappa shape index (κ2) is 44.0. The smallest absolute Gasteiger partial charge is 0.120 e. The average Bonchev–Trinajstić information content (AvgIpc) is 0.707. The van der Waals surface area contributed by atoms with Crippen molar-refractivity contribution in [2.24, 2.45) is 0 Å². The Bertz CT molecular complexity index is 7830. The fourth-order valence-electron chi connectivity index (χ4n) is 14.2. The van der Waals surface area contributed by atoms with Crippen LogP contribution >= 0.6 is 0 Å². The number of hydrogen-bond donors (Lipinski definition) is 0. The minimum atomic E-state index is 0. The van der Waals surface area contributed by atoms with Crippen molar-refractivity contribution in [3.63, 3.8) is 0 Å². The van der Waals surface area contributed by atoms with Gasteiger partial charge in [-0.1, -0.05) is 70.5 Å². The number of nitrogens with zero attached hydrogens (tertiary/aromatic N) is 18. The first-order valence-electron chi connectivity index (χ1n) is 34.9. The first-order valence-corrected chi connectivity index (χ1v) is 34.9. The summed E-state index contributed by atoms with van der Waals surface area (Å²) in [6.07, 6.45) is 30.7. The summed E-state index contributed by atoms with van der Waals surface area (Å²) in [6, 6.07) is 46.8. The van der Waals surface area contributed by atoms with Gasteiger partial charge in [0, 0.05) is 322 Å². The Hall–Kier alpha value is -5.08. The Morgan fingerprint density at radius 3 is 0.407 bits per heavy atom. The van der Waals surface area contributed by atoms with E-state index in [1.54, 1.807) is 38.1 Å². The second-order valence-electron chi connectivity index (χ2n) is 27.1. The molecule has 0 saturated heterocycles. The van der Waals surface area contributed by atoms with Crippen molar-refractivity contribution < 1.29 is 311 Å². The molecule has 0 unspecified atom stereocenters. The fourth-order valence-corrected chi connectivity index (χ4v) is 14.2. The van der Waals surface area contributed by atoms with Crippen LogP contribution in [0.2, 0.25) is 0 Å². The van der Waals surface area contributed by atoms with Crippen LogP contribution < -0.4 is 0 Å². The molecule has 0 bridgehead atoms. The Morgan fingerprint density at radius 2 is 0.285 bits per heavy atom. The summed E-state index contributed by atoms with van der Waals surface area (Å²) in [6.45, 7) is 15.8. The van der Waals surface area contributed by atoms with Crippen LogP contribution in [-0.4, -0.2) is 89.7 Å². The van der Waals surface area contributed by atoms with E-state index in [-0.39, 0.29) is 333 Å². The van der Waals surface area contributed by atoms with Crippen LogP contribution in [0.1, 0.15) is 103 Å². The second-order valence-corrected chi connectivity index (χ2v) is 27.1. The topological polar surface area (TPSA) is 232 Å². The maximum atomic E-state index is 7.68. The normalized spacial score (nSPS) is 10.2. The molecule has 0 aliphatic rings. The van der Waals surface area contributed by atoms with E-state index in [9.17, 15) is 0 Å². The van der Waals surface area contributed by atoms with Gasteiger partial charge in [-0.3, -0.25) is 0 Å². The van der Waals surface area contributed by atoms with Crippen LogP contribution in [0.3, 0.4) is 0 Å².